The molecule has 0 aromatic heterocycles. The largest absolute Gasteiger partial charge is 0.481 e. The van der Waals surface area contributed by atoms with E-state index in [1.807, 2.05) is 45.0 Å². The molecule has 0 aliphatic carbocycles. The fraction of sp³-hybridized carbons (Fsp3) is 0.619. The molecule has 3 rings (SSSR count). The van der Waals surface area contributed by atoms with Crippen LogP contribution in [0, 0.1) is 18.3 Å². The molecule has 0 spiro atoms. The zero-order valence-electron chi connectivity index (χ0n) is 16.0. The van der Waals surface area contributed by atoms with Crippen LogP contribution in [0.4, 0.5) is 0 Å². The van der Waals surface area contributed by atoms with Crippen molar-refractivity contribution >= 4 is 11.9 Å². The van der Waals surface area contributed by atoms with E-state index < -0.39 is 16.8 Å². The quantitative estimate of drug-likeness (QED) is 0.897. The van der Waals surface area contributed by atoms with Crippen molar-refractivity contribution in [1.29, 1.82) is 0 Å². The van der Waals surface area contributed by atoms with Crippen molar-refractivity contribution in [2.24, 2.45) is 11.3 Å². The second kappa shape index (κ2) is 7.03. The summed E-state index contributed by atoms with van der Waals surface area (Å²) in [7, 11) is 0. The van der Waals surface area contributed by atoms with E-state index in [0.717, 1.165) is 11.1 Å². The number of aliphatic carboxylic acids is 1. The van der Waals surface area contributed by atoms with Gasteiger partial charge in [-0.2, -0.15) is 0 Å². The number of ether oxygens (including phenoxy) is 1. The van der Waals surface area contributed by atoms with Crippen LogP contribution in [0.5, 0.6) is 0 Å². The van der Waals surface area contributed by atoms with Crippen LogP contribution in [0.1, 0.15) is 44.2 Å². The molecule has 2 heterocycles. The third-order valence-corrected chi connectivity index (χ3v) is 6.48. The first-order valence-electron chi connectivity index (χ1n) is 9.49. The van der Waals surface area contributed by atoms with Crippen LogP contribution in [-0.2, 0) is 19.7 Å². The standard InChI is InChI=1S/C21H29NO4/c1-15(2)21(19(24)25)8-11-22(14-21)18(23)20(9-12-26-13-10-20)17-6-4-16(3)5-7-17/h4-7,15H,8-14H2,1-3H3,(H,24,25). The number of carbonyl (C=O) groups excluding carboxylic acids is 1. The lowest BCUT2D eigenvalue weighted by Gasteiger charge is -2.39. The Morgan fingerprint density at radius 3 is 2.23 bits per heavy atom. The SMILES string of the molecule is Cc1ccc(C2(C(=O)N3CCC(C(=O)O)(C(C)C)C3)CCOCC2)cc1. The van der Waals surface area contributed by atoms with E-state index in [0.29, 0.717) is 45.6 Å². The molecular weight excluding hydrogens is 330 g/mol. The molecular formula is C21H29NO4. The van der Waals surface area contributed by atoms with Crippen LogP contribution in [0.15, 0.2) is 24.3 Å². The van der Waals surface area contributed by atoms with Gasteiger partial charge in [0.15, 0.2) is 0 Å². The second-order valence-electron chi connectivity index (χ2n) is 8.15. The molecule has 0 radical (unpaired) electrons. The Hall–Kier alpha value is -1.88. The Morgan fingerprint density at radius 2 is 1.73 bits per heavy atom. The van der Waals surface area contributed by atoms with Gasteiger partial charge in [-0.25, -0.2) is 0 Å². The molecule has 2 aliphatic heterocycles. The molecule has 1 aromatic rings. The van der Waals surface area contributed by atoms with Crippen molar-refractivity contribution in [2.75, 3.05) is 26.3 Å². The van der Waals surface area contributed by atoms with E-state index in [1.54, 1.807) is 4.90 Å². The summed E-state index contributed by atoms with van der Waals surface area (Å²) in [5.41, 5.74) is 0.746. The number of nitrogens with zero attached hydrogens (tertiary/aromatic N) is 1. The fourth-order valence-electron chi connectivity index (χ4n) is 4.42. The van der Waals surface area contributed by atoms with Gasteiger partial charge in [-0.3, -0.25) is 9.59 Å². The van der Waals surface area contributed by atoms with Crippen LogP contribution in [0.3, 0.4) is 0 Å². The normalized spacial score (nSPS) is 25.5. The Balaban J connectivity index is 1.92. The monoisotopic (exact) mass is 359 g/mol. The Kier molecular flexibility index (Phi) is 5.11. The lowest BCUT2D eigenvalue weighted by Crippen LogP contribution is -2.50. The summed E-state index contributed by atoms with van der Waals surface area (Å²) in [6.45, 7) is 7.83. The molecule has 0 saturated carbocycles. The van der Waals surface area contributed by atoms with Crippen molar-refractivity contribution in [3.05, 3.63) is 35.4 Å². The van der Waals surface area contributed by atoms with E-state index >= 15 is 0 Å². The highest BCUT2D eigenvalue weighted by atomic mass is 16.5. The fourth-order valence-corrected chi connectivity index (χ4v) is 4.42. The maximum atomic E-state index is 13.6. The minimum atomic E-state index is -0.838. The molecule has 1 amide bonds. The zero-order chi connectivity index (χ0) is 18.9. The average molecular weight is 359 g/mol. The third kappa shape index (κ3) is 3.02. The van der Waals surface area contributed by atoms with Crippen molar-refractivity contribution in [3.63, 3.8) is 0 Å². The number of likely N-dealkylation sites (tertiary alicyclic amines) is 1. The molecule has 1 aromatic carbocycles. The van der Waals surface area contributed by atoms with Gasteiger partial charge >= 0.3 is 5.97 Å². The van der Waals surface area contributed by atoms with Crippen LogP contribution in [0.25, 0.3) is 0 Å². The van der Waals surface area contributed by atoms with Gasteiger partial charge < -0.3 is 14.7 Å². The average Bonchev–Trinajstić information content (AvgIpc) is 3.09. The number of carboxylic acids is 1. The molecule has 142 valence electrons. The highest BCUT2D eigenvalue weighted by Crippen LogP contribution is 2.43. The molecule has 5 heteroatoms. The molecule has 1 N–H and O–H groups in total. The molecule has 5 nitrogen and oxygen atoms in total. The van der Waals surface area contributed by atoms with Crippen molar-refractivity contribution in [2.45, 2.75) is 45.4 Å². The van der Waals surface area contributed by atoms with Gasteiger partial charge in [0.1, 0.15) is 0 Å². The summed E-state index contributed by atoms with van der Waals surface area (Å²) in [5, 5.41) is 9.80. The summed E-state index contributed by atoms with van der Waals surface area (Å²) in [4.78, 5) is 27.3. The first-order chi connectivity index (χ1) is 12.3. The maximum absolute atomic E-state index is 13.6. The minimum absolute atomic E-state index is 0.0113. The van der Waals surface area contributed by atoms with Gasteiger partial charge in [0, 0.05) is 26.3 Å². The number of carbonyl (C=O) groups is 2. The predicted octanol–water partition coefficient (Wildman–Crippen LogP) is 3.00. The lowest BCUT2D eigenvalue weighted by molar-refractivity contribution is -0.152. The first-order valence-corrected chi connectivity index (χ1v) is 9.49. The zero-order valence-corrected chi connectivity index (χ0v) is 16.0. The molecule has 26 heavy (non-hydrogen) atoms. The number of hydrogen-bond donors (Lipinski definition) is 1. The number of aryl methyl sites for hydroxylation is 1. The van der Waals surface area contributed by atoms with E-state index in [4.69, 9.17) is 4.74 Å². The van der Waals surface area contributed by atoms with Gasteiger partial charge in [-0.05, 0) is 37.7 Å². The van der Waals surface area contributed by atoms with Gasteiger partial charge in [0.25, 0.3) is 0 Å². The van der Waals surface area contributed by atoms with Crippen LogP contribution >= 0.6 is 0 Å². The number of hydrogen-bond acceptors (Lipinski definition) is 3. The topological polar surface area (TPSA) is 66.8 Å². The molecule has 0 bridgehead atoms. The smallest absolute Gasteiger partial charge is 0.311 e. The van der Waals surface area contributed by atoms with E-state index in [9.17, 15) is 14.7 Å². The molecule has 1 unspecified atom stereocenters. The van der Waals surface area contributed by atoms with Crippen molar-refractivity contribution in [3.8, 4) is 0 Å². The van der Waals surface area contributed by atoms with Gasteiger partial charge in [0.05, 0.1) is 10.8 Å². The van der Waals surface area contributed by atoms with Gasteiger partial charge in [-0.1, -0.05) is 43.7 Å². The number of benzene rings is 1. The summed E-state index contributed by atoms with van der Waals surface area (Å²) >= 11 is 0. The van der Waals surface area contributed by atoms with Crippen LogP contribution in [-0.4, -0.2) is 48.2 Å². The Labute approximate surface area is 155 Å². The Morgan fingerprint density at radius 1 is 1.12 bits per heavy atom. The molecule has 2 aliphatic rings. The highest BCUT2D eigenvalue weighted by molar-refractivity contribution is 5.90. The second-order valence-corrected chi connectivity index (χ2v) is 8.15. The van der Waals surface area contributed by atoms with E-state index in [-0.39, 0.29) is 11.8 Å². The van der Waals surface area contributed by atoms with E-state index in [2.05, 4.69) is 0 Å². The summed E-state index contributed by atoms with van der Waals surface area (Å²) in [6.07, 6.45) is 1.81. The van der Waals surface area contributed by atoms with Gasteiger partial charge in [0.2, 0.25) is 5.91 Å². The molecule has 1 atom stereocenters. The number of carboxylic acid groups (broad SMARTS) is 1. The highest BCUT2D eigenvalue weighted by Gasteiger charge is 2.52. The summed E-state index contributed by atoms with van der Waals surface area (Å²) in [5.74, 6) is -0.740. The maximum Gasteiger partial charge on any atom is 0.311 e. The van der Waals surface area contributed by atoms with Crippen LogP contribution in [0.2, 0.25) is 0 Å². The predicted molar refractivity (Wildman–Crippen MR) is 99.0 cm³/mol. The number of amides is 1. The molecule has 2 fully saturated rings. The third-order valence-electron chi connectivity index (χ3n) is 6.48. The lowest BCUT2D eigenvalue weighted by atomic mass is 9.72. The summed E-state index contributed by atoms with van der Waals surface area (Å²) < 4.78 is 5.54. The van der Waals surface area contributed by atoms with Crippen molar-refractivity contribution < 1.29 is 19.4 Å². The Bertz CT molecular complexity index is 676. The minimum Gasteiger partial charge on any atom is -0.481 e. The summed E-state index contributed by atoms with van der Waals surface area (Å²) in [6, 6.07) is 8.17. The van der Waals surface area contributed by atoms with Crippen molar-refractivity contribution in [1.82, 2.24) is 4.90 Å². The first kappa shape index (κ1) is 18.9. The van der Waals surface area contributed by atoms with Crippen LogP contribution < -0.4 is 0 Å². The molecule has 2 saturated heterocycles. The van der Waals surface area contributed by atoms with Gasteiger partial charge in [-0.15, -0.1) is 0 Å². The number of rotatable bonds is 4. The van der Waals surface area contributed by atoms with E-state index in [1.165, 1.54) is 0 Å².